The molecule has 0 amide bonds. The van der Waals surface area contributed by atoms with Crippen LogP contribution in [0.4, 0.5) is 8.78 Å². The molecule has 17 heavy (non-hydrogen) atoms. The van der Waals surface area contributed by atoms with Crippen LogP contribution in [0.3, 0.4) is 0 Å². The number of nitrogens with two attached hydrogens (primary N) is 1. The van der Waals surface area contributed by atoms with Gasteiger partial charge < -0.3 is 10.8 Å². The van der Waals surface area contributed by atoms with E-state index in [4.69, 9.17) is 5.73 Å². The lowest BCUT2D eigenvalue weighted by Gasteiger charge is -2.43. The van der Waals surface area contributed by atoms with Gasteiger partial charge in [0.25, 0.3) is 0 Å². The van der Waals surface area contributed by atoms with E-state index in [1.807, 2.05) is 20.8 Å². The summed E-state index contributed by atoms with van der Waals surface area (Å²) in [5.41, 5.74) is 4.21. The van der Waals surface area contributed by atoms with Crippen molar-refractivity contribution in [3.8, 4) is 0 Å². The van der Waals surface area contributed by atoms with Crippen LogP contribution in [0.15, 0.2) is 0 Å². The molecule has 0 saturated heterocycles. The summed E-state index contributed by atoms with van der Waals surface area (Å²) in [6.45, 7) is 5.83. The highest BCUT2D eigenvalue weighted by Gasteiger charge is 2.44. The van der Waals surface area contributed by atoms with Crippen LogP contribution in [0.2, 0.25) is 0 Å². The molecular formula is C13H25F2NO. The lowest BCUT2D eigenvalue weighted by atomic mass is 9.69. The zero-order chi connectivity index (χ0) is 13.3. The molecule has 1 aliphatic carbocycles. The van der Waals surface area contributed by atoms with Crippen LogP contribution in [-0.2, 0) is 0 Å². The Balaban J connectivity index is 2.69. The summed E-state index contributed by atoms with van der Waals surface area (Å²) in [5.74, 6) is -2.68. The Morgan fingerprint density at radius 3 is 2.35 bits per heavy atom. The molecule has 0 aromatic rings. The Bertz CT molecular complexity index is 263. The highest BCUT2D eigenvalue weighted by molar-refractivity contribution is 4.94. The Morgan fingerprint density at radius 2 is 1.94 bits per heavy atom. The normalized spacial score (nSPS) is 28.8. The smallest absolute Gasteiger partial charge is 0.248 e. The molecule has 1 aliphatic rings. The lowest BCUT2D eigenvalue weighted by Crippen LogP contribution is -2.51. The number of halogens is 2. The predicted octanol–water partition coefficient (Wildman–Crippen LogP) is 2.94. The van der Waals surface area contributed by atoms with Crippen molar-refractivity contribution in [2.75, 3.05) is 6.54 Å². The first kappa shape index (κ1) is 14.8. The van der Waals surface area contributed by atoms with E-state index in [0.29, 0.717) is 12.8 Å². The summed E-state index contributed by atoms with van der Waals surface area (Å²) in [6, 6.07) is 0. The molecule has 2 atom stereocenters. The molecule has 1 rings (SSSR count). The van der Waals surface area contributed by atoms with Crippen LogP contribution in [-0.4, -0.2) is 23.2 Å². The van der Waals surface area contributed by atoms with Gasteiger partial charge >= 0.3 is 0 Å². The van der Waals surface area contributed by atoms with Gasteiger partial charge in [-0.05, 0) is 30.6 Å². The zero-order valence-electron chi connectivity index (χ0n) is 11.1. The molecular weight excluding hydrogens is 224 g/mol. The molecule has 3 N–H and O–H groups in total. The van der Waals surface area contributed by atoms with Crippen molar-refractivity contribution in [2.24, 2.45) is 17.1 Å². The first-order chi connectivity index (χ1) is 7.60. The maximum absolute atomic E-state index is 13.3. The van der Waals surface area contributed by atoms with E-state index in [0.717, 1.165) is 6.42 Å². The molecule has 0 spiro atoms. The van der Waals surface area contributed by atoms with Crippen LogP contribution >= 0.6 is 0 Å². The molecule has 0 heterocycles. The van der Waals surface area contributed by atoms with Crippen molar-refractivity contribution in [1.82, 2.24) is 0 Å². The van der Waals surface area contributed by atoms with Gasteiger partial charge in [0.15, 0.2) is 0 Å². The van der Waals surface area contributed by atoms with Crippen LogP contribution < -0.4 is 5.73 Å². The summed E-state index contributed by atoms with van der Waals surface area (Å²) in [6.07, 6.45) is 1.57. The maximum atomic E-state index is 13.3. The van der Waals surface area contributed by atoms with Gasteiger partial charge in [0.05, 0.1) is 5.60 Å². The van der Waals surface area contributed by atoms with E-state index in [1.54, 1.807) is 0 Å². The molecule has 0 aliphatic heterocycles. The van der Waals surface area contributed by atoms with Gasteiger partial charge in [-0.3, -0.25) is 0 Å². The third kappa shape index (κ3) is 3.62. The molecule has 2 nitrogen and oxygen atoms in total. The SMILES string of the molecule is CC(C)(C)C(O)(CN)CC1CCCC(F)(F)C1. The van der Waals surface area contributed by atoms with Crippen LogP contribution in [0.5, 0.6) is 0 Å². The van der Waals surface area contributed by atoms with Gasteiger partial charge in [0.1, 0.15) is 0 Å². The van der Waals surface area contributed by atoms with Gasteiger partial charge in [-0.1, -0.05) is 20.8 Å². The Morgan fingerprint density at radius 1 is 1.35 bits per heavy atom. The van der Waals surface area contributed by atoms with E-state index in [2.05, 4.69) is 0 Å². The lowest BCUT2D eigenvalue weighted by molar-refractivity contribution is -0.0988. The second-order valence-corrected chi connectivity index (χ2v) is 6.51. The standard InChI is InChI=1S/C13H25F2NO/c1-11(2,3)12(17,9-16)7-10-5-4-6-13(14,15)8-10/h10,17H,4-9,16H2,1-3H3. The average molecular weight is 249 g/mol. The van der Waals surface area contributed by atoms with E-state index >= 15 is 0 Å². The van der Waals surface area contributed by atoms with Crippen LogP contribution in [0, 0.1) is 11.3 Å². The van der Waals surface area contributed by atoms with Crippen molar-refractivity contribution in [2.45, 2.75) is 64.4 Å². The van der Waals surface area contributed by atoms with Gasteiger partial charge in [-0.2, -0.15) is 0 Å². The number of hydrogen-bond donors (Lipinski definition) is 2. The number of alkyl halides is 2. The van der Waals surface area contributed by atoms with Crippen LogP contribution in [0.25, 0.3) is 0 Å². The molecule has 1 saturated carbocycles. The highest BCUT2D eigenvalue weighted by Crippen LogP contribution is 2.43. The minimum Gasteiger partial charge on any atom is -0.388 e. The summed E-state index contributed by atoms with van der Waals surface area (Å²) >= 11 is 0. The minimum absolute atomic E-state index is 0.0138. The molecule has 4 heteroatoms. The fourth-order valence-corrected chi connectivity index (χ4v) is 2.62. The molecule has 0 radical (unpaired) electrons. The highest BCUT2D eigenvalue weighted by atomic mass is 19.3. The minimum atomic E-state index is -2.56. The molecule has 0 aromatic heterocycles. The van der Waals surface area contributed by atoms with Gasteiger partial charge in [0.2, 0.25) is 5.92 Å². The maximum Gasteiger partial charge on any atom is 0.248 e. The quantitative estimate of drug-likeness (QED) is 0.807. The summed E-state index contributed by atoms with van der Waals surface area (Å²) in [7, 11) is 0. The molecule has 1 fully saturated rings. The van der Waals surface area contributed by atoms with Crippen LogP contribution in [0.1, 0.15) is 52.9 Å². The molecule has 0 bridgehead atoms. The predicted molar refractivity (Wildman–Crippen MR) is 65.0 cm³/mol. The third-order valence-corrected chi connectivity index (χ3v) is 4.10. The first-order valence-electron chi connectivity index (χ1n) is 6.40. The third-order valence-electron chi connectivity index (χ3n) is 4.10. The number of rotatable bonds is 3. The topological polar surface area (TPSA) is 46.2 Å². The molecule has 102 valence electrons. The van der Waals surface area contributed by atoms with Gasteiger partial charge in [-0.25, -0.2) is 8.78 Å². The van der Waals surface area contributed by atoms with E-state index in [9.17, 15) is 13.9 Å². The van der Waals surface area contributed by atoms with Crippen molar-refractivity contribution in [1.29, 1.82) is 0 Å². The van der Waals surface area contributed by atoms with Gasteiger partial charge in [0, 0.05) is 19.4 Å². The monoisotopic (exact) mass is 249 g/mol. The van der Waals surface area contributed by atoms with Crippen molar-refractivity contribution >= 4 is 0 Å². The largest absolute Gasteiger partial charge is 0.388 e. The first-order valence-corrected chi connectivity index (χ1v) is 6.40. The molecule has 2 unspecified atom stereocenters. The second kappa shape index (κ2) is 4.81. The number of aliphatic hydroxyl groups is 1. The Labute approximate surface area is 103 Å². The summed E-state index contributed by atoms with van der Waals surface area (Å²) in [4.78, 5) is 0. The van der Waals surface area contributed by atoms with Crippen molar-refractivity contribution in [3.05, 3.63) is 0 Å². The average Bonchev–Trinajstić information content (AvgIpc) is 2.14. The van der Waals surface area contributed by atoms with Gasteiger partial charge in [-0.15, -0.1) is 0 Å². The van der Waals surface area contributed by atoms with E-state index < -0.39 is 11.5 Å². The van der Waals surface area contributed by atoms with E-state index in [-0.39, 0.29) is 30.7 Å². The summed E-state index contributed by atoms with van der Waals surface area (Å²) in [5, 5.41) is 10.5. The Hall–Kier alpha value is -0.220. The second-order valence-electron chi connectivity index (χ2n) is 6.51. The van der Waals surface area contributed by atoms with Crippen molar-refractivity contribution < 1.29 is 13.9 Å². The Kier molecular flexibility index (Phi) is 4.20. The number of hydrogen-bond acceptors (Lipinski definition) is 2. The zero-order valence-corrected chi connectivity index (χ0v) is 11.1. The van der Waals surface area contributed by atoms with Crippen molar-refractivity contribution in [3.63, 3.8) is 0 Å². The fraction of sp³-hybridized carbons (Fsp3) is 1.00. The summed E-state index contributed by atoms with van der Waals surface area (Å²) < 4.78 is 26.6. The molecule has 0 aromatic carbocycles. The van der Waals surface area contributed by atoms with E-state index in [1.165, 1.54) is 0 Å². The fourth-order valence-electron chi connectivity index (χ4n) is 2.62.